The van der Waals surface area contributed by atoms with Crippen molar-refractivity contribution in [1.29, 1.82) is 0 Å². The molecule has 0 N–H and O–H groups in total. The van der Waals surface area contributed by atoms with Crippen LogP contribution in [0.15, 0.2) is 24.3 Å². The Bertz CT molecular complexity index is 525. The van der Waals surface area contributed by atoms with Crippen molar-refractivity contribution in [2.45, 2.75) is 18.9 Å². The number of hydrogen-bond donors (Lipinski definition) is 0. The second-order valence-electron chi connectivity index (χ2n) is 3.64. The molecular formula is C11H9ClF3N3. The van der Waals surface area contributed by atoms with Crippen molar-refractivity contribution in [1.82, 2.24) is 15.0 Å². The van der Waals surface area contributed by atoms with Crippen molar-refractivity contribution in [2.24, 2.45) is 0 Å². The van der Waals surface area contributed by atoms with Crippen molar-refractivity contribution in [3.8, 4) is 0 Å². The molecule has 0 aliphatic heterocycles. The number of benzene rings is 1. The molecule has 0 amide bonds. The van der Waals surface area contributed by atoms with Gasteiger partial charge in [-0.15, -0.1) is 16.7 Å². The van der Waals surface area contributed by atoms with E-state index in [4.69, 9.17) is 11.6 Å². The summed E-state index contributed by atoms with van der Waals surface area (Å²) in [7, 11) is 0. The first-order valence-electron chi connectivity index (χ1n) is 5.12. The maximum Gasteiger partial charge on any atom is 0.281 e. The third-order valence-corrected chi connectivity index (χ3v) is 2.68. The van der Waals surface area contributed by atoms with Crippen LogP contribution in [0.2, 0.25) is 0 Å². The van der Waals surface area contributed by atoms with Gasteiger partial charge in [-0.05, 0) is 17.7 Å². The Balaban J connectivity index is 2.28. The van der Waals surface area contributed by atoms with Gasteiger partial charge in [-0.25, -0.2) is 17.9 Å². The van der Waals surface area contributed by atoms with E-state index in [-0.39, 0.29) is 29.6 Å². The summed E-state index contributed by atoms with van der Waals surface area (Å²) in [6.07, 6.45) is -2.70. The first-order valence-corrected chi connectivity index (χ1v) is 5.66. The molecular weight excluding hydrogens is 267 g/mol. The van der Waals surface area contributed by atoms with Crippen molar-refractivity contribution in [2.75, 3.05) is 0 Å². The van der Waals surface area contributed by atoms with E-state index < -0.39 is 6.43 Å². The quantitative estimate of drug-likeness (QED) is 0.803. The maximum atomic E-state index is 12.9. The van der Waals surface area contributed by atoms with E-state index in [0.717, 1.165) is 4.68 Å². The minimum absolute atomic E-state index is 0.0637. The smallest absolute Gasteiger partial charge is 0.239 e. The highest BCUT2D eigenvalue weighted by Gasteiger charge is 2.21. The first-order chi connectivity index (χ1) is 8.61. The van der Waals surface area contributed by atoms with Gasteiger partial charge in [0.2, 0.25) is 0 Å². The third kappa shape index (κ3) is 2.64. The zero-order valence-electron chi connectivity index (χ0n) is 9.15. The van der Waals surface area contributed by atoms with Crippen molar-refractivity contribution < 1.29 is 13.2 Å². The van der Waals surface area contributed by atoms with Gasteiger partial charge in [-0.1, -0.05) is 17.3 Å². The number of halogens is 4. The molecule has 96 valence electrons. The Morgan fingerprint density at radius 2 is 1.89 bits per heavy atom. The summed E-state index contributed by atoms with van der Waals surface area (Å²) in [5, 5.41) is 7.23. The van der Waals surface area contributed by atoms with Crippen LogP contribution >= 0.6 is 11.6 Å². The van der Waals surface area contributed by atoms with E-state index in [1.807, 2.05) is 0 Å². The molecule has 18 heavy (non-hydrogen) atoms. The van der Waals surface area contributed by atoms with Crippen molar-refractivity contribution >= 4 is 11.6 Å². The molecule has 2 aromatic rings. The fourth-order valence-electron chi connectivity index (χ4n) is 1.57. The third-order valence-electron chi connectivity index (χ3n) is 2.43. The number of rotatable bonds is 4. The van der Waals surface area contributed by atoms with Crippen LogP contribution in [-0.2, 0) is 12.4 Å². The molecule has 0 radical (unpaired) electrons. The summed E-state index contributed by atoms with van der Waals surface area (Å²) in [5.74, 6) is -0.504. The molecule has 1 heterocycles. The summed E-state index contributed by atoms with van der Waals surface area (Å²) < 4.78 is 39.5. The molecule has 3 nitrogen and oxygen atoms in total. The van der Waals surface area contributed by atoms with Gasteiger partial charge < -0.3 is 0 Å². The van der Waals surface area contributed by atoms with Crippen LogP contribution in [-0.4, -0.2) is 15.0 Å². The van der Waals surface area contributed by atoms with Crippen LogP contribution in [0.5, 0.6) is 0 Å². The van der Waals surface area contributed by atoms with E-state index in [2.05, 4.69) is 10.3 Å². The lowest BCUT2D eigenvalue weighted by atomic mass is 10.2. The van der Waals surface area contributed by atoms with Crippen LogP contribution < -0.4 is 0 Å². The van der Waals surface area contributed by atoms with Gasteiger partial charge in [-0.2, -0.15) is 0 Å². The summed E-state index contributed by atoms with van der Waals surface area (Å²) in [6.45, 7) is 0.101. The molecule has 0 spiro atoms. The highest BCUT2D eigenvalue weighted by Crippen LogP contribution is 2.23. The lowest BCUT2D eigenvalue weighted by Gasteiger charge is -2.06. The van der Waals surface area contributed by atoms with E-state index in [0.29, 0.717) is 5.56 Å². The molecule has 0 aliphatic rings. The summed E-state index contributed by atoms with van der Waals surface area (Å²) in [6, 6.07) is 5.53. The molecule has 1 aromatic carbocycles. The van der Waals surface area contributed by atoms with Crippen molar-refractivity contribution in [3.05, 3.63) is 47.0 Å². The lowest BCUT2D eigenvalue weighted by molar-refractivity contribution is 0.139. The molecule has 0 aliphatic carbocycles. The maximum absolute atomic E-state index is 12.9. The second-order valence-corrected chi connectivity index (χ2v) is 3.91. The van der Waals surface area contributed by atoms with Crippen LogP contribution in [0.3, 0.4) is 0 Å². The zero-order valence-corrected chi connectivity index (χ0v) is 9.91. The van der Waals surface area contributed by atoms with Crippen LogP contribution in [0.25, 0.3) is 0 Å². The van der Waals surface area contributed by atoms with Gasteiger partial charge in [0.05, 0.1) is 12.4 Å². The number of aromatic nitrogens is 3. The van der Waals surface area contributed by atoms with Gasteiger partial charge in [0.1, 0.15) is 17.2 Å². The largest absolute Gasteiger partial charge is 0.281 e. The predicted molar refractivity (Wildman–Crippen MR) is 60.0 cm³/mol. The Labute approximate surface area is 106 Å². The van der Waals surface area contributed by atoms with Crippen LogP contribution in [0.4, 0.5) is 13.2 Å². The zero-order chi connectivity index (χ0) is 13.1. The first kappa shape index (κ1) is 12.9. The molecule has 7 heteroatoms. The van der Waals surface area contributed by atoms with E-state index in [1.165, 1.54) is 24.3 Å². The normalized spacial score (nSPS) is 11.2. The molecule has 2 rings (SSSR count). The predicted octanol–water partition coefficient (Wildman–Crippen LogP) is 3.14. The molecule has 0 atom stereocenters. The van der Waals surface area contributed by atoms with E-state index >= 15 is 0 Å². The average Bonchev–Trinajstić information content (AvgIpc) is 2.75. The van der Waals surface area contributed by atoms with E-state index in [9.17, 15) is 13.2 Å². The Morgan fingerprint density at radius 1 is 1.22 bits per heavy atom. The summed E-state index contributed by atoms with van der Waals surface area (Å²) in [4.78, 5) is 0. The standard InChI is InChI=1S/C11H9ClF3N3/c12-5-9-10(11(14)15)18(17-16-9)6-7-1-3-8(13)4-2-7/h1-4,11H,5-6H2. The highest BCUT2D eigenvalue weighted by atomic mass is 35.5. The minimum Gasteiger partial charge on any atom is -0.239 e. The van der Waals surface area contributed by atoms with Gasteiger partial charge in [0.15, 0.2) is 0 Å². The summed E-state index contributed by atoms with van der Waals surface area (Å²) in [5.41, 5.74) is 0.424. The van der Waals surface area contributed by atoms with Crippen LogP contribution in [0, 0.1) is 5.82 Å². The molecule has 0 saturated heterocycles. The van der Waals surface area contributed by atoms with Gasteiger partial charge in [0.25, 0.3) is 6.43 Å². The number of alkyl halides is 3. The monoisotopic (exact) mass is 275 g/mol. The summed E-state index contributed by atoms with van der Waals surface area (Å²) >= 11 is 5.51. The fourth-order valence-corrected chi connectivity index (χ4v) is 1.76. The molecule has 0 saturated carbocycles. The Morgan fingerprint density at radius 3 is 2.44 bits per heavy atom. The van der Waals surface area contributed by atoms with Crippen LogP contribution in [0.1, 0.15) is 23.4 Å². The van der Waals surface area contributed by atoms with Gasteiger partial charge >= 0.3 is 0 Å². The fraction of sp³-hybridized carbons (Fsp3) is 0.273. The van der Waals surface area contributed by atoms with E-state index in [1.54, 1.807) is 0 Å². The second kappa shape index (κ2) is 5.39. The SMILES string of the molecule is Fc1ccc(Cn2nnc(CCl)c2C(F)F)cc1. The molecule has 0 fully saturated rings. The molecule has 1 aromatic heterocycles. The molecule has 0 bridgehead atoms. The topological polar surface area (TPSA) is 30.7 Å². The van der Waals surface area contributed by atoms with Gasteiger partial charge in [0, 0.05) is 0 Å². The average molecular weight is 276 g/mol. The number of nitrogens with zero attached hydrogens (tertiary/aromatic N) is 3. The van der Waals surface area contributed by atoms with Crippen molar-refractivity contribution in [3.63, 3.8) is 0 Å². The van der Waals surface area contributed by atoms with Gasteiger partial charge in [-0.3, -0.25) is 0 Å². The minimum atomic E-state index is -2.70. The number of hydrogen-bond acceptors (Lipinski definition) is 2. The Hall–Kier alpha value is -1.56. The molecule has 0 unspecified atom stereocenters. The highest BCUT2D eigenvalue weighted by molar-refractivity contribution is 6.16. The Kier molecular flexibility index (Phi) is 3.86. The lowest BCUT2D eigenvalue weighted by Crippen LogP contribution is -2.07.